The van der Waals surface area contributed by atoms with Crippen LogP contribution in [-0.2, 0) is 6.61 Å². The van der Waals surface area contributed by atoms with Gasteiger partial charge in [0, 0.05) is 0 Å². The second-order valence-electron chi connectivity index (χ2n) is 6.98. The van der Waals surface area contributed by atoms with E-state index in [0.717, 1.165) is 17.3 Å². The van der Waals surface area contributed by atoms with Crippen molar-refractivity contribution in [3.8, 4) is 11.4 Å². The van der Waals surface area contributed by atoms with E-state index in [9.17, 15) is 0 Å². The number of hydrogen-bond donors (Lipinski definition) is 1. The molecular formula is C21H25N3OS. The molecule has 0 amide bonds. The van der Waals surface area contributed by atoms with Crippen LogP contribution < -0.4 is 4.74 Å². The fourth-order valence-electron chi connectivity index (χ4n) is 3.09. The molecule has 0 spiro atoms. The van der Waals surface area contributed by atoms with Gasteiger partial charge in [-0.25, -0.2) is 0 Å². The maximum absolute atomic E-state index is 5.92. The first-order valence-electron chi connectivity index (χ1n) is 8.96. The summed E-state index contributed by atoms with van der Waals surface area (Å²) in [5.41, 5.74) is 3.65. The highest BCUT2D eigenvalue weighted by Crippen LogP contribution is 2.32. The van der Waals surface area contributed by atoms with E-state index >= 15 is 0 Å². The first-order valence-corrected chi connectivity index (χ1v) is 9.37. The molecular weight excluding hydrogens is 342 g/mol. The summed E-state index contributed by atoms with van der Waals surface area (Å²) in [6, 6.07) is 16.2. The van der Waals surface area contributed by atoms with Crippen LogP contribution in [0.2, 0.25) is 0 Å². The lowest BCUT2D eigenvalue weighted by molar-refractivity contribution is 0.293. The highest BCUT2D eigenvalue weighted by molar-refractivity contribution is 7.71. The van der Waals surface area contributed by atoms with E-state index in [2.05, 4.69) is 56.1 Å². The summed E-state index contributed by atoms with van der Waals surface area (Å²) in [6.07, 6.45) is 0. The molecule has 26 heavy (non-hydrogen) atoms. The van der Waals surface area contributed by atoms with Gasteiger partial charge in [0.05, 0.1) is 5.69 Å². The molecule has 0 radical (unpaired) electrons. The van der Waals surface area contributed by atoms with Gasteiger partial charge in [0.25, 0.3) is 0 Å². The Morgan fingerprint density at radius 2 is 1.58 bits per heavy atom. The minimum absolute atomic E-state index is 0.348. The van der Waals surface area contributed by atoms with Crippen LogP contribution in [0, 0.1) is 4.77 Å². The molecule has 3 rings (SSSR count). The quantitative estimate of drug-likeness (QED) is 0.564. The summed E-state index contributed by atoms with van der Waals surface area (Å²) >= 11 is 5.57. The Bertz CT molecular complexity index is 900. The summed E-state index contributed by atoms with van der Waals surface area (Å²) in [5, 5.41) is 7.37. The van der Waals surface area contributed by atoms with E-state index in [1.54, 1.807) is 0 Å². The van der Waals surface area contributed by atoms with Crippen molar-refractivity contribution in [3.63, 3.8) is 0 Å². The first-order chi connectivity index (χ1) is 12.5. The van der Waals surface area contributed by atoms with Gasteiger partial charge in [-0.05, 0) is 47.3 Å². The number of nitrogens with one attached hydrogen (secondary N) is 1. The van der Waals surface area contributed by atoms with E-state index in [1.807, 2.05) is 34.9 Å². The maximum atomic E-state index is 5.92. The molecule has 0 aliphatic heterocycles. The Kier molecular flexibility index (Phi) is 5.57. The van der Waals surface area contributed by atoms with Crippen molar-refractivity contribution in [2.24, 2.45) is 0 Å². The van der Waals surface area contributed by atoms with E-state index < -0.39 is 0 Å². The van der Waals surface area contributed by atoms with Crippen molar-refractivity contribution in [2.75, 3.05) is 0 Å². The van der Waals surface area contributed by atoms with Gasteiger partial charge < -0.3 is 4.74 Å². The third-order valence-corrected chi connectivity index (χ3v) is 4.69. The number of nitrogens with zero attached hydrogens (tertiary/aromatic N) is 2. The minimum Gasteiger partial charge on any atom is -0.486 e. The average Bonchev–Trinajstić information content (AvgIpc) is 3.00. The van der Waals surface area contributed by atoms with Crippen LogP contribution in [-0.4, -0.2) is 14.8 Å². The average molecular weight is 368 g/mol. The second kappa shape index (κ2) is 7.87. The fourth-order valence-corrected chi connectivity index (χ4v) is 3.33. The number of aromatic nitrogens is 3. The van der Waals surface area contributed by atoms with Crippen LogP contribution in [0.1, 0.15) is 56.5 Å². The molecule has 0 fully saturated rings. The highest BCUT2D eigenvalue weighted by Gasteiger charge is 2.19. The van der Waals surface area contributed by atoms with Crippen molar-refractivity contribution < 1.29 is 4.74 Å². The van der Waals surface area contributed by atoms with Crippen LogP contribution in [0.25, 0.3) is 5.69 Å². The minimum atomic E-state index is 0.348. The van der Waals surface area contributed by atoms with Gasteiger partial charge in [0.1, 0.15) is 12.4 Å². The molecule has 1 aromatic heterocycles. The van der Waals surface area contributed by atoms with Gasteiger partial charge in [-0.2, -0.15) is 5.10 Å². The molecule has 1 heterocycles. The Labute approximate surface area is 159 Å². The monoisotopic (exact) mass is 367 g/mol. The molecule has 4 nitrogen and oxygen atoms in total. The molecule has 1 N–H and O–H groups in total. The molecule has 0 aliphatic carbocycles. The van der Waals surface area contributed by atoms with Crippen LogP contribution in [0.4, 0.5) is 0 Å². The Balaban J connectivity index is 2.08. The summed E-state index contributed by atoms with van der Waals surface area (Å²) in [4.78, 5) is 0. The molecule has 0 atom stereocenters. The van der Waals surface area contributed by atoms with Crippen LogP contribution >= 0.6 is 12.2 Å². The zero-order valence-corrected chi connectivity index (χ0v) is 16.5. The van der Waals surface area contributed by atoms with Crippen LogP contribution in [0.15, 0.2) is 48.5 Å². The zero-order valence-electron chi connectivity index (χ0n) is 15.7. The number of aromatic amines is 1. The lowest BCUT2D eigenvalue weighted by atomic mass is 9.92. The molecule has 136 valence electrons. The Morgan fingerprint density at radius 1 is 0.962 bits per heavy atom. The first kappa shape index (κ1) is 18.4. The molecule has 0 saturated heterocycles. The second-order valence-corrected chi connectivity index (χ2v) is 7.36. The largest absolute Gasteiger partial charge is 0.486 e. The van der Waals surface area contributed by atoms with E-state index in [4.69, 9.17) is 17.0 Å². The van der Waals surface area contributed by atoms with Gasteiger partial charge in [-0.3, -0.25) is 9.67 Å². The lowest BCUT2D eigenvalue weighted by Crippen LogP contribution is -2.12. The van der Waals surface area contributed by atoms with Crippen molar-refractivity contribution >= 4 is 12.2 Å². The van der Waals surface area contributed by atoms with Gasteiger partial charge in [-0.15, -0.1) is 0 Å². The SMILES string of the molecule is CC(C)c1cccc(C(C)C)c1-n1c(COc2ccccc2)n[nH]c1=S. The summed E-state index contributed by atoms with van der Waals surface area (Å²) < 4.78 is 8.54. The standard InChI is InChI=1S/C21H25N3OS/c1-14(2)17-11-8-12-18(15(3)4)20(17)24-19(22-23-21(24)26)13-25-16-9-6-5-7-10-16/h5-12,14-15H,13H2,1-4H3,(H,23,26). The third-order valence-electron chi connectivity index (χ3n) is 4.42. The Hall–Kier alpha value is -2.40. The maximum Gasteiger partial charge on any atom is 0.199 e. The number of para-hydroxylation sites is 2. The number of rotatable bonds is 6. The van der Waals surface area contributed by atoms with Crippen molar-refractivity contribution in [3.05, 3.63) is 70.3 Å². The molecule has 3 aromatic rings. The zero-order chi connectivity index (χ0) is 18.7. The normalized spacial score (nSPS) is 11.3. The van der Waals surface area contributed by atoms with Gasteiger partial charge >= 0.3 is 0 Å². The predicted molar refractivity (Wildman–Crippen MR) is 108 cm³/mol. The fraction of sp³-hybridized carbons (Fsp3) is 0.333. The molecule has 0 bridgehead atoms. The summed E-state index contributed by atoms with van der Waals surface area (Å²) in [6.45, 7) is 9.15. The number of H-pyrrole nitrogens is 1. The van der Waals surface area contributed by atoms with E-state index in [0.29, 0.717) is 23.2 Å². The number of benzene rings is 2. The highest BCUT2D eigenvalue weighted by atomic mass is 32.1. The van der Waals surface area contributed by atoms with Crippen LogP contribution in [0.5, 0.6) is 5.75 Å². The third kappa shape index (κ3) is 3.73. The summed E-state index contributed by atoms with van der Waals surface area (Å²) in [7, 11) is 0. The molecule has 0 unspecified atom stereocenters. The van der Waals surface area contributed by atoms with Crippen molar-refractivity contribution in [1.29, 1.82) is 0 Å². The Morgan fingerprint density at radius 3 is 2.15 bits per heavy atom. The lowest BCUT2D eigenvalue weighted by Gasteiger charge is -2.21. The molecule has 0 aliphatic rings. The predicted octanol–water partition coefficient (Wildman–Crippen LogP) is 5.76. The molecule has 5 heteroatoms. The van der Waals surface area contributed by atoms with E-state index in [1.165, 1.54) is 11.1 Å². The van der Waals surface area contributed by atoms with Gasteiger partial charge in [-0.1, -0.05) is 64.1 Å². The summed E-state index contributed by atoms with van der Waals surface area (Å²) in [5.74, 6) is 2.34. The van der Waals surface area contributed by atoms with E-state index in [-0.39, 0.29) is 0 Å². The topological polar surface area (TPSA) is 42.8 Å². The van der Waals surface area contributed by atoms with Crippen molar-refractivity contribution in [1.82, 2.24) is 14.8 Å². The molecule has 2 aromatic carbocycles. The number of ether oxygens (including phenoxy) is 1. The smallest absolute Gasteiger partial charge is 0.199 e. The number of hydrogen-bond acceptors (Lipinski definition) is 3. The van der Waals surface area contributed by atoms with Gasteiger partial charge in [0.15, 0.2) is 10.6 Å². The van der Waals surface area contributed by atoms with Crippen molar-refractivity contribution in [2.45, 2.75) is 46.1 Å². The van der Waals surface area contributed by atoms with Gasteiger partial charge in [0.2, 0.25) is 0 Å². The molecule has 0 saturated carbocycles. The van der Waals surface area contributed by atoms with Crippen LogP contribution in [0.3, 0.4) is 0 Å².